The van der Waals surface area contributed by atoms with Gasteiger partial charge in [-0.3, -0.25) is 10.1 Å². The summed E-state index contributed by atoms with van der Waals surface area (Å²) >= 11 is 0. The van der Waals surface area contributed by atoms with E-state index < -0.39 is 10.7 Å². The van der Waals surface area contributed by atoms with E-state index in [1.165, 1.54) is 4.68 Å². The highest BCUT2D eigenvalue weighted by Gasteiger charge is 2.17. The molecular weight excluding hydrogens is 253 g/mol. The van der Waals surface area contributed by atoms with Crippen LogP contribution >= 0.6 is 0 Å². The predicted octanol–water partition coefficient (Wildman–Crippen LogP) is 1.52. The van der Waals surface area contributed by atoms with Crippen LogP contribution in [-0.4, -0.2) is 19.9 Å². The average Bonchev–Trinajstić information content (AvgIpc) is 2.69. The Kier molecular flexibility index (Phi) is 3.41. The lowest BCUT2D eigenvalue weighted by Crippen LogP contribution is -2.09. The summed E-state index contributed by atoms with van der Waals surface area (Å²) in [6.45, 7) is 1.92. The molecule has 0 saturated heterocycles. The molecule has 1 heterocycles. The van der Waals surface area contributed by atoms with E-state index in [1.807, 2.05) is 6.92 Å². The quantitative estimate of drug-likeness (QED) is 0.667. The van der Waals surface area contributed by atoms with E-state index in [2.05, 4.69) is 10.3 Å². The molecule has 100 valence electrons. The lowest BCUT2D eigenvalue weighted by atomic mass is 10.1. The first kappa shape index (κ1) is 12.9. The minimum Gasteiger partial charge on any atom is -0.381 e. The Balaban J connectivity index is 2.42. The smallest absolute Gasteiger partial charge is 0.274 e. The van der Waals surface area contributed by atoms with Gasteiger partial charge in [0.1, 0.15) is 5.82 Å². The van der Waals surface area contributed by atoms with Crippen molar-refractivity contribution < 1.29 is 9.31 Å². The van der Waals surface area contributed by atoms with Crippen molar-refractivity contribution in [2.24, 2.45) is 0 Å². The third-order valence-corrected chi connectivity index (χ3v) is 2.76. The Labute approximate surface area is 108 Å². The lowest BCUT2D eigenvalue weighted by Gasteiger charge is -2.06. The van der Waals surface area contributed by atoms with Crippen molar-refractivity contribution in [3.05, 3.63) is 45.4 Å². The molecule has 0 fully saturated rings. The fraction of sp³-hybridized carbons (Fsp3) is 0.273. The minimum atomic E-state index is -0.555. The van der Waals surface area contributed by atoms with Gasteiger partial charge in [-0.05, 0) is 18.6 Å². The van der Waals surface area contributed by atoms with E-state index in [4.69, 9.17) is 5.73 Å². The summed E-state index contributed by atoms with van der Waals surface area (Å²) in [5, 5.41) is 18.4. The number of benzene rings is 1. The lowest BCUT2D eigenvalue weighted by molar-refractivity contribution is -0.385. The summed E-state index contributed by atoms with van der Waals surface area (Å²) in [6.07, 6.45) is 0.585. The number of nitrogens with zero attached hydrogens (tertiary/aromatic N) is 4. The number of nitrogens with two attached hydrogens (primary N) is 1. The molecule has 0 aliphatic heterocycles. The van der Waals surface area contributed by atoms with E-state index in [0.717, 1.165) is 18.2 Å². The molecule has 2 N–H and O–H groups in total. The maximum Gasteiger partial charge on any atom is 0.274 e. The van der Waals surface area contributed by atoms with Crippen LogP contribution in [0.25, 0.3) is 0 Å². The largest absolute Gasteiger partial charge is 0.381 e. The molecule has 0 aliphatic carbocycles. The van der Waals surface area contributed by atoms with Crippen LogP contribution in [0, 0.1) is 15.9 Å². The highest BCUT2D eigenvalue weighted by Crippen LogP contribution is 2.21. The number of nitrogen functional groups attached to an aromatic ring is 1. The van der Waals surface area contributed by atoms with Gasteiger partial charge in [-0.2, -0.15) is 0 Å². The third kappa shape index (κ3) is 2.51. The van der Waals surface area contributed by atoms with Crippen molar-refractivity contribution in [3.8, 4) is 0 Å². The molecule has 0 radical (unpaired) electrons. The summed E-state index contributed by atoms with van der Waals surface area (Å²) in [5.74, 6) is -0.256. The summed E-state index contributed by atoms with van der Waals surface area (Å²) in [7, 11) is 0. The number of nitro groups is 1. The predicted molar refractivity (Wildman–Crippen MR) is 66.0 cm³/mol. The molecule has 0 amide bonds. The van der Waals surface area contributed by atoms with Crippen molar-refractivity contribution in [2.75, 3.05) is 5.73 Å². The van der Waals surface area contributed by atoms with Crippen LogP contribution in [-0.2, 0) is 13.0 Å². The standard InChI is InChI=1S/C11H12FN5O2/c1-2-9-11(13)14-15-16(9)6-7-5-8(12)3-4-10(7)17(18)19/h3-5H,2,6,13H2,1H3. The topological polar surface area (TPSA) is 99.9 Å². The number of halogens is 1. The van der Waals surface area contributed by atoms with Crippen molar-refractivity contribution in [2.45, 2.75) is 19.9 Å². The Hall–Kier alpha value is -2.51. The second kappa shape index (κ2) is 5.01. The van der Waals surface area contributed by atoms with Gasteiger partial charge in [-0.1, -0.05) is 12.1 Å². The fourth-order valence-electron chi connectivity index (χ4n) is 1.86. The second-order valence-electron chi connectivity index (χ2n) is 3.96. The molecule has 2 aromatic rings. The third-order valence-electron chi connectivity index (χ3n) is 2.76. The normalized spacial score (nSPS) is 10.6. The van der Waals surface area contributed by atoms with Crippen LogP contribution < -0.4 is 5.73 Å². The van der Waals surface area contributed by atoms with Gasteiger partial charge in [0, 0.05) is 6.07 Å². The fourth-order valence-corrected chi connectivity index (χ4v) is 1.86. The maximum atomic E-state index is 13.2. The molecule has 1 aromatic heterocycles. The molecule has 0 aliphatic rings. The summed E-state index contributed by atoms with van der Waals surface area (Å²) in [5.41, 5.74) is 6.37. The van der Waals surface area contributed by atoms with Gasteiger partial charge in [0.15, 0.2) is 5.82 Å². The number of anilines is 1. The van der Waals surface area contributed by atoms with Crippen molar-refractivity contribution in [3.63, 3.8) is 0 Å². The first-order chi connectivity index (χ1) is 9.02. The molecule has 0 atom stereocenters. The molecule has 2 rings (SSSR count). The molecule has 0 unspecified atom stereocenters. The van der Waals surface area contributed by atoms with Crippen LogP contribution in [0.5, 0.6) is 0 Å². The van der Waals surface area contributed by atoms with Gasteiger partial charge in [0.25, 0.3) is 5.69 Å². The van der Waals surface area contributed by atoms with Crippen molar-refractivity contribution >= 4 is 11.5 Å². The maximum absolute atomic E-state index is 13.2. The number of hydrogen-bond donors (Lipinski definition) is 1. The summed E-state index contributed by atoms with van der Waals surface area (Å²) in [4.78, 5) is 10.3. The number of aromatic nitrogens is 3. The monoisotopic (exact) mass is 265 g/mol. The molecule has 7 nitrogen and oxygen atoms in total. The molecule has 8 heteroatoms. The van der Waals surface area contributed by atoms with Crippen LogP contribution in [0.4, 0.5) is 15.9 Å². The van der Waals surface area contributed by atoms with E-state index >= 15 is 0 Å². The van der Waals surface area contributed by atoms with Crippen LogP contribution in [0.15, 0.2) is 18.2 Å². The van der Waals surface area contributed by atoms with Crippen molar-refractivity contribution in [1.29, 1.82) is 0 Å². The summed E-state index contributed by atoms with van der Waals surface area (Å²) in [6, 6.07) is 3.31. The van der Waals surface area contributed by atoms with Crippen molar-refractivity contribution in [1.82, 2.24) is 15.0 Å². The first-order valence-electron chi connectivity index (χ1n) is 5.63. The van der Waals surface area contributed by atoms with Gasteiger partial charge < -0.3 is 5.73 Å². The average molecular weight is 265 g/mol. The zero-order valence-electron chi connectivity index (χ0n) is 10.2. The Morgan fingerprint density at radius 1 is 1.53 bits per heavy atom. The van der Waals surface area contributed by atoms with Gasteiger partial charge in [-0.25, -0.2) is 9.07 Å². The second-order valence-corrected chi connectivity index (χ2v) is 3.96. The van der Waals surface area contributed by atoms with E-state index in [1.54, 1.807) is 0 Å². The highest BCUT2D eigenvalue weighted by molar-refractivity contribution is 5.41. The number of hydrogen-bond acceptors (Lipinski definition) is 5. The van der Waals surface area contributed by atoms with Crippen LogP contribution in [0.3, 0.4) is 0 Å². The summed E-state index contributed by atoms with van der Waals surface area (Å²) < 4.78 is 14.6. The Bertz CT molecular complexity index is 626. The molecule has 0 bridgehead atoms. The van der Waals surface area contributed by atoms with Gasteiger partial charge in [-0.15, -0.1) is 5.10 Å². The van der Waals surface area contributed by atoms with Gasteiger partial charge in [0.05, 0.1) is 22.7 Å². The molecular formula is C11H12FN5O2. The SMILES string of the molecule is CCc1c(N)nnn1Cc1cc(F)ccc1[N+](=O)[O-]. The Morgan fingerprint density at radius 3 is 2.89 bits per heavy atom. The number of rotatable bonds is 4. The highest BCUT2D eigenvalue weighted by atomic mass is 19.1. The molecule has 1 aromatic carbocycles. The molecule has 0 saturated carbocycles. The van der Waals surface area contributed by atoms with E-state index in [9.17, 15) is 14.5 Å². The number of nitro benzene ring substituents is 1. The zero-order valence-corrected chi connectivity index (χ0v) is 10.2. The Morgan fingerprint density at radius 2 is 2.26 bits per heavy atom. The van der Waals surface area contributed by atoms with Crippen LogP contribution in [0.1, 0.15) is 18.2 Å². The first-order valence-corrected chi connectivity index (χ1v) is 5.63. The molecule has 0 spiro atoms. The zero-order chi connectivity index (χ0) is 14.0. The van der Waals surface area contributed by atoms with Gasteiger partial charge >= 0.3 is 0 Å². The van der Waals surface area contributed by atoms with Gasteiger partial charge in [0.2, 0.25) is 0 Å². The minimum absolute atomic E-state index is 0.0570. The van der Waals surface area contributed by atoms with E-state index in [0.29, 0.717) is 12.1 Å². The van der Waals surface area contributed by atoms with E-state index in [-0.39, 0.29) is 23.6 Å². The molecule has 19 heavy (non-hydrogen) atoms. The van der Waals surface area contributed by atoms with Crippen LogP contribution in [0.2, 0.25) is 0 Å².